The van der Waals surface area contributed by atoms with Gasteiger partial charge >= 0.3 is 6.09 Å². The predicted octanol–water partition coefficient (Wildman–Crippen LogP) is -2.45. The summed E-state index contributed by atoms with van der Waals surface area (Å²) in [6.45, 7) is 0. The van der Waals surface area contributed by atoms with Gasteiger partial charge in [-0.2, -0.15) is 0 Å². The Balaban J connectivity index is 2.82. The molecule has 0 spiro atoms. The Morgan fingerprint density at radius 3 is 2.71 bits per heavy atom. The van der Waals surface area contributed by atoms with Crippen molar-refractivity contribution in [3.8, 4) is 0 Å². The normalized spacial score (nSPS) is 10.3. The van der Waals surface area contributed by atoms with Gasteiger partial charge in [0.05, 0.1) is 0 Å². The van der Waals surface area contributed by atoms with Gasteiger partial charge in [-0.3, -0.25) is 0 Å². The standard InChI is InChI=1S/CH7NO3Si2/c3-1(4)2-7-5-6/h2H,7H2,6H3,(H,3,4). The number of carbonyl (C=O) groups is 1. The van der Waals surface area contributed by atoms with E-state index < -0.39 is 16.0 Å². The smallest absolute Gasteiger partial charge is 0.397 e. The highest BCUT2D eigenvalue weighted by atomic mass is 28.3. The van der Waals surface area contributed by atoms with Crippen LogP contribution in [0.5, 0.6) is 0 Å². The lowest BCUT2D eigenvalue weighted by molar-refractivity contribution is 0.200. The lowest BCUT2D eigenvalue weighted by Gasteiger charge is -1.93. The summed E-state index contributed by atoms with van der Waals surface area (Å²) in [7, 11) is -0.283. The Morgan fingerprint density at radius 2 is 2.57 bits per heavy atom. The van der Waals surface area contributed by atoms with Crippen LogP contribution in [0.3, 0.4) is 0 Å². The first kappa shape index (κ1) is 6.66. The lowest BCUT2D eigenvalue weighted by atomic mass is 11.3. The molecule has 1 amide bonds. The minimum absolute atomic E-state index is 0.630. The molecule has 0 aliphatic rings. The van der Waals surface area contributed by atoms with Crippen LogP contribution in [0.1, 0.15) is 0 Å². The monoisotopic (exact) mass is 137 g/mol. The molecule has 0 aliphatic heterocycles. The molecule has 2 N–H and O–H groups in total. The van der Waals surface area contributed by atoms with Gasteiger partial charge in [-0.25, -0.2) is 4.79 Å². The summed E-state index contributed by atoms with van der Waals surface area (Å²) in [6, 6.07) is 0. The van der Waals surface area contributed by atoms with Crippen molar-refractivity contribution in [1.82, 2.24) is 4.98 Å². The second-order valence-electron chi connectivity index (χ2n) is 0.915. The highest BCUT2D eigenvalue weighted by Crippen LogP contribution is 1.54. The molecule has 0 radical (unpaired) electrons. The zero-order chi connectivity index (χ0) is 5.70. The molecule has 0 atom stereocenters. The summed E-state index contributed by atoms with van der Waals surface area (Å²) in [5.74, 6) is 0. The Kier molecular flexibility index (Phi) is 3.66. The van der Waals surface area contributed by atoms with Crippen LogP contribution in [0, 0.1) is 0 Å². The van der Waals surface area contributed by atoms with Crippen molar-refractivity contribution in [3.05, 3.63) is 0 Å². The zero-order valence-electron chi connectivity index (χ0n) is 3.97. The summed E-state index contributed by atoms with van der Waals surface area (Å²) in [4.78, 5) is 11.8. The fourth-order valence-electron chi connectivity index (χ4n) is 0.134. The van der Waals surface area contributed by atoms with Crippen molar-refractivity contribution >= 4 is 26.5 Å². The molecule has 0 aromatic rings. The summed E-state index contributed by atoms with van der Waals surface area (Å²) in [5, 5.41) is 7.90. The van der Waals surface area contributed by atoms with E-state index >= 15 is 0 Å². The van der Waals surface area contributed by atoms with Crippen LogP contribution in [-0.2, 0) is 4.12 Å². The Labute approximate surface area is 46.4 Å². The van der Waals surface area contributed by atoms with E-state index in [0.29, 0.717) is 10.5 Å². The van der Waals surface area contributed by atoms with Crippen LogP contribution < -0.4 is 4.98 Å². The maximum absolute atomic E-state index is 9.62. The highest BCUT2D eigenvalue weighted by Gasteiger charge is 1.87. The van der Waals surface area contributed by atoms with E-state index in [1.807, 2.05) is 0 Å². The van der Waals surface area contributed by atoms with Crippen molar-refractivity contribution in [3.63, 3.8) is 0 Å². The summed E-state index contributed by atoms with van der Waals surface area (Å²) in [6.07, 6.45) is -0.984. The lowest BCUT2D eigenvalue weighted by Crippen LogP contribution is -2.26. The van der Waals surface area contributed by atoms with Crippen LogP contribution in [0.15, 0.2) is 0 Å². The van der Waals surface area contributed by atoms with Gasteiger partial charge in [0.2, 0.25) is 0 Å². The van der Waals surface area contributed by atoms with Crippen LogP contribution in [0.4, 0.5) is 4.79 Å². The minimum Gasteiger partial charge on any atom is -0.466 e. The first-order valence-electron chi connectivity index (χ1n) is 1.73. The second-order valence-corrected chi connectivity index (χ2v) is 3.87. The van der Waals surface area contributed by atoms with E-state index in [4.69, 9.17) is 5.11 Å². The maximum atomic E-state index is 9.62. The second kappa shape index (κ2) is 3.84. The van der Waals surface area contributed by atoms with Crippen molar-refractivity contribution in [2.45, 2.75) is 0 Å². The molecule has 42 valence electrons. The van der Waals surface area contributed by atoms with Gasteiger partial charge in [0.25, 0.3) is 9.92 Å². The van der Waals surface area contributed by atoms with Crippen molar-refractivity contribution in [1.29, 1.82) is 0 Å². The average Bonchev–Trinajstić information content (AvgIpc) is 1.61. The summed E-state index contributed by atoms with van der Waals surface area (Å²) >= 11 is 0. The predicted molar refractivity (Wildman–Crippen MR) is 30.7 cm³/mol. The van der Waals surface area contributed by atoms with Crippen molar-refractivity contribution < 1.29 is 14.0 Å². The van der Waals surface area contributed by atoms with Crippen LogP contribution in [0.2, 0.25) is 0 Å². The molecule has 6 heteroatoms. The van der Waals surface area contributed by atoms with E-state index in [9.17, 15) is 4.79 Å². The molecule has 0 saturated carbocycles. The molecular formula is CH7NO3Si2. The SMILES string of the molecule is O=C(O)N[SiH2]O[SiH3]. The van der Waals surface area contributed by atoms with Crippen molar-refractivity contribution in [2.75, 3.05) is 0 Å². The molecule has 0 unspecified atom stereocenters. The minimum atomic E-state index is -0.984. The number of nitrogens with one attached hydrogen (secondary N) is 1. The van der Waals surface area contributed by atoms with Gasteiger partial charge in [0.1, 0.15) is 10.5 Å². The third kappa shape index (κ3) is 5.66. The van der Waals surface area contributed by atoms with E-state index in [1.165, 1.54) is 0 Å². The average molecular weight is 137 g/mol. The van der Waals surface area contributed by atoms with E-state index in [1.54, 1.807) is 0 Å². The molecule has 0 aromatic carbocycles. The Hall–Kier alpha value is -0.336. The summed E-state index contributed by atoms with van der Waals surface area (Å²) < 4.78 is 4.64. The molecule has 0 bridgehead atoms. The first-order valence-corrected chi connectivity index (χ1v) is 3.83. The first-order chi connectivity index (χ1) is 3.27. The molecule has 0 rings (SSSR count). The van der Waals surface area contributed by atoms with Crippen LogP contribution in [0.25, 0.3) is 0 Å². The topological polar surface area (TPSA) is 58.6 Å². The zero-order valence-corrected chi connectivity index (χ0v) is 7.39. The number of hydrogen-bond donors (Lipinski definition) is 2. The van der Waals surface area contributed by atoms with E-state index in [2.05, 4.69) is 9.10 Å². The molecule has 0 fully saturated rings. The quantitative estimate of drug-likeness (QED) is 0.415. The summed E-state index contributed by atoms with van der Waals surface area (Å²) in [5.41, 5.74) is 0. The van der Waals surface area contributed by atoms with E-state index in [-0.39, 0.29) is 0 Å². The highest BCUT2D eigenvalue weighted by molar-refractivity contribution is 6.35. The number of hydrogen-bond acceptors (Lipinski definition) is 2. The Bertz CT molecular complexity index is 66.0. The van der Waals surface area contributed by atoms with Gasteiger partial charge in [0.15, 0.2) is 0 Å². The molecule has 0 saturated heterocycles. The fraction of sp³-hybridized carbons (Fsp3) is 0. The molecular weight excluding hydrogens is 130 g/mol. The molecule has 0 heterocycles. The van der Waals surface area contributed by atoms with Crippen LogP contribution >= 0.6 is 0 Å². The molecule has 0 aliphatic carbocycles. The van der Waals surface area contributed by atoms with Gasteiger partial charge < -0.3 is 14.2 Å². The molecule has 4 nitrogen and oxygen atoms in total. The molecule has 7 heavy (non-hydrogen) atoms. The fourth-order valence-corrected chi connectivity index (χ4v) is 0.835. The molecule has 0 aromatic heterocycles. The van der Waals surface area contributed by atoms with Crippen molar-refractivity contribution in [2.24, 2.45) is 0 Å². The van der Waals surface area contributed by atoms with Gasteiger partial charge in [-0.05, 0) is 0 Å². The van der Waals surface area contributed by atoms with Gasteiger partial charge in [-0.1, -0.05) is 0 Å². The van der Waals surface area contributed by atoms with Gasteiger partial charge in [-0.15, -0.1) is 0 Å². The third-order valence-corrected chi connectivity index (χ3v) is 1.97. The van der Waals surface area contributed by atoms with Gasteiger partial charge in [0, 0.05) is 0 Å². The van der Waals surface area contributed by atoms with Crippen LogP contribution in [-0.4, -0.2) is 31.6 Å². The Morgan fingerprint density at radius 1 is 2.00 bits per heavy atom. The number of carboxylic acid groups (broad SMARTS) is 1. The number of rotatable bonds is 2. The third-order valence-electron chi connectivity index (χ3n) is 0.368. The number of amides is 1. The van der Waals surface area contributed by atoms with E-state index in [0.717, 1.165) is 0 Å². The maximum Gasteiger partial charge on any atom is 0.397 e. The largest absolute Gasteiger partial charge is 0.466 e.